The number of hydrogen-bond acceptors (Lipinski definition) is 2. The molecule has 8 aromatic carbocycles. The van der Waals surface area contributed by atoms with Gasteiger partial charge >= 0.3 is 6.85 Å². The van der Waals surface area contributed by atoms with E-state index in [1.54, 1.807) is 0 Å². The molecule has 2 heterocycles. The summed E-state index contributed by atoms with van der Waals surface area (Å²) in [6, 6.07) is 61.6. The van der Waals surface area contributed by atoms with Crippen LogP contribution in [0.2, 0.25) is 0 Å². The first-order valence-corrected chi connectivity index (χ1v) is 25.3. The van der Waals surface area contributed by atoms with Crippen molar-refractivity contribution in [3.05, 3.63) is 197 Å². The Kier molecular flexibility index (Phi) is 9.17. The molecule has 12 rings (SSSR count). The second-order valence-electron chi connectivity index (χ2n) is 24.6. The van der Waals surface area contributed by atoms with Crippen molar-refractivity contribution in [3.63, 3.8) is 0 Å². The van der Waals surface area contributed by atoms with E-state index >= 15 is 0 Å². The summed E-state index contributed by atoms with van der Waals surface area (Å²) in [6.07, 6.45) is 0. The average Bonchev–Trinajstić information content (AvgIpc) is 3.70. The van der Waals surface area contributed by atoms with E-state index in [0.717, 1.165) is 0 Å². The first-order valence-electron chi connectivity index (χ1n) is 25.3. The monoisotopic (exact) mass is 897 g/mol. The van der Waals surface area contributed by atoms with Gasteiger partial charge in [0.1, 0.15) is 0 Å². The number of nitrogens with zero attached hydrogens (tertiary/aromatic N) is 2. The normalized spacial score (nSPS) is 15.8. The molecule has 0 saturated heterocycles. The van der Waals surface area contributed by atoms with Gasteiger partial charge in [-0.15, -0.1) is 0 Å². The van der Waals surface area contributed by atoms with Gasteiger partial charge < -0.3 is 9.71 Å². The van der Waals surface area contributed by atoms with Crippen LogP contribution in [0.15, 0.2) is 158 Å². The van der Waals surface area contributed by atoms with Crippen LogP contribution in [0.4, 0.5) is 28.4 Å². The third-order valence-corrected chi connectivity index (χ3v) is 16.5. The Labute approximate surface area is 412 Å². The molecule has 0 radical (unpaired) electrons. The first-order chi connectivity index (χ1) is 32.7. The van der Waals surface area contributed by atoms with Crippen molar-refractivity contribution < 1.29 is 0 Å². The third-order valence-electron chi connectivity index (χ3n) is 16.5. The molecule has 2 nitrogen and oxygen atoms in total. The van der Waals surface area contributed by atoms with E-state index < -0.39 is 0 Å². The zero-order valence-corrected chi connectivity index (χ0v) is 43.0. The zero-order valence-electron chi connectivity index (χ0n) is 43.0. The molecule has 0 aromatic heterocycles. The summed E-state index contributed by atoms with van der Waals surface area (Å²) >= 11 is 0. The Morgan fingerprint density at radius 2 is 0.986 bits per heavy atom. The van der Waals surface area contributed by atoms with Crippen LogP contribution in [-0.2, 0) is 27.1 Å². The summed E-state index contributed by atoms with van der Waals surface area (Å²) in [7, 11) is 0. The second kappa shape index (κ2) is 14.5. The summed E-state index contributed by atoms with van der Waals surface area (Å²) in [5.41, 5.74) is 28.5. The maximum absolute atomic E-state index is 2.74. The fraction of sp³-hybridized carbons (Fsp3) is 0.273. The summed E-state index contributed by atoms with van der Waals surface area (Å²) in [4.78, 5) is 5.47. The van der Waals surface area contributed by atoms with Crippen LogP contribution < -0.4 is 20.6 Å². The van der Waals surface area contributed by atoms with Crippen molar-refractivity contribution in [3.8, 4) is 44.5 Å². The van der Waals surface area contributed by atoms with Gasteiger partial charge in [-0.2, -0.15) is 0 Å². The number of anilines is 5. The Hall–Kier alpha value is -6.58. The van der Waals surface area contributed by atoms with Crippen LogP contribution in [0.5, 0.6) is 0 Å². The number of rotatable bonds is 3. The molecule has 2 aliphatic heterocycles. The predicted octanol–water partition coefficient (Wildman–Crippen LogP) is 16.6. The summed E-state index contributed by atoms with van der Waals surface area (Å²) < 4.78 is 0. The first kappa shape index (κ1) is 43.7. The van der Waals surface area contributed by atoms with Gasteiger partial charge in [0.05, 0.1) is 11.4 Å². The highest BCUT2D eigenvalue weighted by Crippen LogP contribution is 2.61. The molecular weight excluding hydrogens is 832 g/mol. The highest BCUT2D eigenvalue weighted by atomic mass is 15.2. The van der Waals surface area contributed by atoms with E-state index in [0.29, 0.717) is 0 Å². The highest BCUT2D eigenvalue weighted by Gasteiger charge is 2.52. The highest BCUT2D eigenvalue weighted by molar-refractivity contribution is 6.94. The Morgan fingerprint density at radius 3 is 1.65 bits per heavy atom. The van der Waals surface area contributed by atoms with E-state index in [2.05, 4.69) is 257 Å². The Balaban J connectivity index is 1.30. The standard InChI is InChI=1S/C66H65BN2/c1-62(2,3)41-27-31-44(32-28-41)69-55-38-43(64(7,8)9)29-33-47(55)58-59-49(45-23-17-19-25-50(45)66(59,12)13)39-56-60(58)67(69)53-35-34-52-57(46-24-18-20-26-51(46)65(52,10)11)61(53)68(56)54-36-30-42(63(4,5)6)37-48(54)40-21-15-14-16-22-40/h14-39H,1-13H3. The van der Waals surface area contributed by atoms with Crippen LogP contribution >= 0.6 is 0 Å². The predicted molar refractivity (Wildman–Crippen MR) is 297 cm³/mol. The quantitative estimate of drug-likeness (QED) is 0.163. The van der Waals surface area contributed by atoms with Gasteiger partial charge in [-0.25, -0.2) is 0 Å². The van der Waals surface area contributed by atoms with Gasteiger partial charge in [0.25, 0.3) is 0 Å². The molecular formula is C66H65BN2. The van der Waals surface area contributed by atoms with E-state index in [4.69, 9.17) is 0 Å². The minimum atomic E-state index is -0.243. The lowest BCUT2D eigenvalue weighted by Crippen LogP contribution is -2.62. The van der Waals surface area contributed by atoms with Crippen LogP contribution in [0.25, 0.3) is 44.5 Å². The maximum atomic E-state index is 2.74. The van der Waals surface area contributed by atoms with Gasteiger partial charge in [-0.3, -0.25) is 0 Å². The van der Waals surface area contributed by atoms with Crippen molar-refractivity contribution >= 4 is 46.2 Å². The lowest BCUT2D eigenvalue weighted by molar-refractivity contribution is 0.590. The van der Waals surface area contributed by atoms with Gasteiger partial charge in [0.15, 0.2) is 0 Å². The Morgan fingerprint density at radius 1 is 0.406 bits per heavy atom. The number of fused-ring (bicyclic) bond motifs is 12. The molecule has 342 valence electrons. The molecule has 0 bridgehead atoms. The molecule has 0 amide bonds. The van der Waals surface area contributed by atoms with Crippen molar-refractivity contribution in [1.29, 1.82) is 0 Å². The summed E-state index contributed by atoms with van der Waals surface area (Å²) in [6.45, 7) is 30.7. The maximum Gasteiger partial charge on any atom is 0.333 e. The summed E-state index contributed by atoms with van der Waals surface area (Å²) in [5.74, 6) is 0. The molecule has 69 heavy (non-hydrogen) atoms. The minimum absolute atomic E-state index is 0.0241. The van der Waals surface area contributed by atoms with Crippen LogP contribution in [0.3, 0.4) is 0 Å². The van der Waals surface area contributed by atoms with E-state index in [1.807, 2.05) is 0 Å². The molecule has 3 heteroatoms. The van der Waals surface area contributed by atoms with Crippen molar-refractivity contribution in [1.82, 2.24) is 0 Å². The zero-order chi connectivity index (χ0) is 48.3. The fourth-order valence-electron chi connectivity index (χ4n) is 12.7. The molecule has 0 spiro atoms. The average molecular weight is 897 g/mol. The van der Waals surface area contributed by atoms with Crippen molar-refractivity contribution in [2.75, 3.05) is 9.71 Å². The largest absolute Gasteiger partial charge is 0.376 e. The van der Waals surface area contributed by atoms with Crippen molar-refractivity contribution in [2.24, 2.45) is 0 Å². The second-order valence-corrected chi connectivity index (χ2v) is 24.6. The summed E-state index contributed by atoms with van der Waals surface area (Å²) in [5, 5.41) is 0. The topological polar surface area (TPSA) is 6.48 Å². The lowest BCUT2D eigenvalue weighted by Gasteiger charge is -2.48. The van der Waals surface area contributed by atoms with E-state index in [1.165, 1.54) is 123 Å². The van der Waals surface area contributed by atoms with Crippen LogP contribution in [0.1, 0.15) is 129 Å². The molecule has 2 aliphatic carbocycles. The van der Waals surface area contributed by atoms with Crippen LogP contribution in [-0.4, -0.2) is 6.85 Å². The smallest absolute Gasteiger partial charge is 0.333 e. The minimum Gasteiger partial charge on any atom is -0.376 e. The number of hydrogen-bond donors (Lipinski definition) is 0. The van der Waals surface area contributed by atoms with Gasteiger partial charge in [-0.05, 0) is 130 Å². The molecule has 8 aromatic rings. The fourth-order valence-corrected chi connectivity index (χ4v) is 12.7. The molecule has 0 saturated carbocycles. The van der Waals surface area contributed by atoms with Gasteiger partial charge in [0.2, 0.25) is 0 Å². The van der Waals surface area contributed by atoms with Gasteiger partial charge in [-0.1, -0.05) is 211 Å². The molecule has 0 unspecified atom stereocenters. The number of benzene rings is 8. The molecule has 4 aliphatic rings. The van der Waals surface area contributed by atoms with Gasteiger partial charge in [0, 0.05) is 44.6 Å². The molecule has 0 atom stereocenters. The molecule has 0 N–H and O–H groups in total. The lowest BCUT2D eigenvalue weighted by atomic mass is 9.42. The Bertz CT molecular complexity index is 3440. The van der Waals surface area contributed by atoms with E-state index in [-0.39, 0.29) is 33.9 Å². The SMILES string of the molecule is CC(C)(C)c1ccc(N2B3c4ccc5c(c4N(c4ccc(C(C)(C)C)cc4-c4ccccc4)c4cc6c(c(c43)-c3ccc(C(C)(C)C)cc32)C(C)(C)c2ccccc2-6)-c2ccccc2C5(C)C)cc1. The third kappa shape index (κ3) is 6.24. The molecule has 0 fully saturated rings. The van der Waals surface area contributed by atoms with Crippen LogP contribution in [0, 0.1) is 0 Å². The van der Waals surface area contributed by atoms with Crippen molar-refractivity contribution in [2.45, 2.75) is 117 Å². The van der Waals surface area contributed by atoms with E-state index in [9.17, 15) is 0 Å².